The molecule has 0 aromatic heterocycles. The van der Waals surface area contributed by atoms with Crippen molar-refractivity contribution in [1.29, 1.82) is 0 Å². The van der Waals surface area contributed by atoms with Gasteiger partial charge in [-0.3, -0.25) is 4.79 Å². The van der Waals surface area contributed by atoms with Crippen LogP contribution in [0, 0.1) is 17.6 Å². The van der Waals surface area contributed by atoms with Gasteiger partial charge in [0.1, 0.15) is 5.75 Å². The summed E-state index contributed by atoms with van der Waals surface area (Å²) in [5, 5.41) is 9.66. The number of aryl methyl sites for hydroxylation is 1. The maximum atomic E-state index is 11.8. The lowest BCUT2D eigenvalue weighted by atomic mass is 10.1. The number of anilines is 1. The van der Waals surface area contributed by atoms with Crippen LogP contribution in [0.25, 0.3) is 0 Å². The Morgan fingerprint density at radius 3 is 2.19 bits per heavy atom. The molecule has 2 aromatic carbocycles. The number of halogens is 3. The normalized spacial score (nSPS) is 11.8. The van der Waals surface area contributed by atoms with Gasteiger partial charge in [-0.2, -0.15) is 0 Å². The zero-order chi connectivity index (χ0) is 19.6. The van der Waals surface area contributed by atoms with E-state index >= 15 is 0 Å². The number of carbonyl (C=O) groups excluding carboxylic acids is 1. The summed E-state index contributed by atoms with van der Waals surface area (Å²) in [6.45, 7) is 3.42. The van der Waals surface area contributed by atoms with E-state index in [1.165, 1.54) is 11.8 Å². The molecule has 1 unspecified atom stereocenters. The molecule has 0 saturated carbocycles. The molecule has 2 aromatic rings. The fourth-order valence-electron chi connectivity index (χ4n) is 2.26. The Kier molecular flexibility index (Phi) is 7.53. The molecule has 1 N–H and O–H groups in total. The molecule has 8 heteroatoms. The predicted octanol–water partition coefficient (Wildman–Crippen LogP) is 5.00. The van der Waals surface area contributed by atoms with Gasteiger partial charge in [0.15, 0.2) is 0 Å². The van der Waals surface area contributed by atoms with E-state index in [1.807, 2.05) is 25.1 Å². The average molecular weight is 691 g/mol. The minimum atomic E-state index is -1.13. The molecule has 5 nitrogen and oxygen atoms in total. The number of amides is 1. The molecule has 0 spiro atoms. The number of ether oxygens (including phenoxy) is 1. The minimum Gasteiger partial charge on any atom is -0.478 e. The number of benzene rings is 2. The molecular formula is C18H16I3NO4. The van der Waals surface area contributed by atoms with Gasteiger partial charge in [0.05, 0.1) is 12.8 Å². The third kappa shape index (κ3) is 4.80. The Bertz CT molecular complexity index is 853. The van der Waals surface area contributed by atoms with E-state index in [1.54, 1.807) is 19.2 Å². The largest absolute Gasteiger partial charge is 0.478 e. The van der Waals surface area contributed by atoms with Crippen molar-refractivity contribution in [2.45, 2.75) is 20.0 Å². The predicted molar refractivity (Wildman–Crippen MR) is 126 cm³/mol. The highest BCUT2D eigenvalue weighted by molar-refractivity contribution is 14.1. The van der Waals surface area contributed by atoms with Crippen molar-refractivity contribution < 1.29 is 19.4 Å². The average Bonchev–Trinajstić information content (AvgIpc) is 2.55. The zero-order valence-corrected chi connectivity index (χ0v) is 20.7. The van der Waals surface area contributed by atoms with Crippen molar-refractivity contribution in [2.75, 3.05) is 11.9 Å². The van der Waals surface area contributed by atoms with Crippen LogP contribution in [0.4, 0.5) is 5.69 Å². The molecule has 0 radical (unpaired) electrons. The summed E-state index contributed by atoms with van der Waals surface area (Å²) in [6.07, 6.45) is -1.13. The second-order valence-electron chi connectivity index (χ2n) is 5.66. The lowest BCUT2D eigenvalue weighted by Gasteiger charge is -2.23. The quantitative estimate of drug-likeness (QED) is 0.449. The van der Waals surface area contributed by atoms with Gasteiger partial charge in [-0.1, -0.05) is 29.8 Å². The Labute approximate surface area is 192 Å². The molecule has 0 bridgehead atoms. The third-order valence-corrected chi connectivity index (χ3v) is 6.38. The van der Waals surface area contributed by atoms with E-state index in [4.69, 9.17) is 4.74 Å². The van der Waals surface area contributed by atoms with E-state index < -0.39 is 12.1 Å². The number of nitrogens with zero attached hydrogens (tertiary/aromatic N) is 1. The lowest BCUT2D eigenvalue weighted by Crippen LogP contribution is -2.26. The van der Waals surface area contributed by atoms with Crippen molar-refractivity contribution in [2.24, 2.45) is 0 Å². The molecule has 0 saturated heterocycles. The van der Waals surface area contributed by atoms with Crippen LogP contribution in [0.2, 0.25) is 0 Å². The van der Waals surface area contributed by atoms with Crippen molar-refractivity contribution in [1.82, 2.24) is 0 Å². The Morgan fingerprint density at radius 2 is 1.69 bits per heavy atom. The third-order valence-electron chi connectivity index (χ3n) is 3.75. The smallest absolute Gasteiger partial charge is 0.349 e. The van der Waals surface area contributed by atoms with Gasteiger partial charge in [-0.25, -0.2) is 4.79 Å². The molecule has 0 fully saturated rings. The molecular weight excluding hydrogens is 675 g/mol. The molecule has 0 aliphatic rings. The van der Waals surface area contributed by atoms with Gasteiger partial charge in [0.2, 0.25) is 12.0 Å². The fraction of sp³-hybridized carbons (Fsp3) is 0.222. The summed E-state index contributed by atoms with van der Waals surface area (Å²) in [4.78, 5) is 25.2. The number of hydrogen-bond acceptors (Lipinski definition) is 3. The summed E-state index contributed by atoms with van der Waals surface area (Å²) in [6, 6.07) is 9.09. The van der Waals surface area contributed by atoms with Crippen LogP contribution in [0.3, 0.4) is 0 Å². The van der Waals surface area contributed by atoms with Crippen molar-refractivity contribution in [3.8, 4) is 5.75 Å². The molecule has 0 aliphatic carbocycles. The van der Waals surface area contributed by atoms with Crippen LogP contribution in [-0.4, -0.2) is 24.0 Å². The van der Waals surface area contributed by atoms with Crippen LogP contribution in [0.15, 0.2) is 30.3 Å². The summed E-state index contributed by atoms with van der Waals surface area (Å²) < 4.78 is 8.32. The van der Waals surface area contributed by atoms with Crippen LogP contribution in [-0.2, 0) is 9.59 Å². The van der Waals surface area contributed by atoms with E-state index in [0.717, 1.165) is 12.7 Å². The second-order valence-corrected chi connectivity index (χ2v) is 9.06. The first-order valence-electron chi connectivity index (χ1n) is 7.51. The molecule has 1 atom stereocenters. The molecule has 2 rings (SSSR count). The first kappa shape index (κ1) is 21.7. The topological polar surface area (TPSA) is 66.8 Å². The van der Waals surface area contributed by atoms with Crippen LogP contribution in [0.5, 0.6) is 5.75 Å². The first-order chi connectivity index (χ1) is 12.1. The van der Waals surface area contributed by atoms with Gasteiger partial charge in [0.25, 0.3) is 0 Å². The molecule has 0 aliphatic heterocycles. The number of carboxylic acids is 1. The van der Waals surface area contributed by atoms with E-state index in [-0.39, 0.29) is 5.91 Å². The summed E-state index contributed by atoms with van der Waals surface area (Å²) in [7, 11) is 1.69. The van der Waals surface area contributed by atoms with E-state index in [9.17, 15) is 14.7 Å². The van der Waals surface area contributed by atoms with Gasteiger partial charge >= 0.3 is 5.97 Å². The molecule has 26 heavy (non-hydrogen) atoms. The monoisotopic (exact) mass is 691 g/mol. The minimum absolute atomic E-state index is 0.110. The van der Waals surface area contributed by atoms with Gasteiger partial charge in [-0.05, 0) is 80.8 Å². The number of hydrogen-bond donors (Lipinski definition) is 1. The van der Waals surface area contributed by atoms with E-state index in [0.29, 0.717) is 20.6 Å². The lowest BCUT2D eigenvalue weighted by molar-refractivity contribution is -0.145. The highest BCUT2D eigenvalue weighted by Gasteiger charge is 2.27. The highest BCUT2D eigenvalue weighted by atomic mass is 127. The summed E-state index contributed by atoms with van der Waals surface area (Å²) in [5.74, 6) is -0.718. The van der Waals surface area contributed by atoms with Gasteiger partial charge < -0.3 is 14.7 Å². The first-order valence-corrected chi connectivity index (χ1v) is 10.7. The number of carbonyl (C=O) groups is 2. The van der Waals surface area contributed by atoms with Crippen LogP contribution >= 0.6 is 67.8 Å². The SMILES string of the molecule is CC(=O)N(C)c1c(I)cc(I)c(OC(C(=O)O)c2ccc(C)cc2)c1I. The number of aliphatic carboxylic acids is 1. The summed E-state index contributed by atoms with van der Waals surface area (Å²) >= 11 is 6.38. The van der Waals surface area contributed by atoms with Gasteiger partial charge in [-0.15, -0.1) is 0 Å². The Morgan fingerprint density at radius 1 is 1.12 bits per heavy atom. The molecule has 1 amide bonds. The maximum absolute atomic E-state index is 11.8. The van der Waals surface area contributed by atoms with E-state index in [2.05, 4.69) is 67.8 Å². The molecule has 0 heterocycles. The Balaban J connectivity index is 2.52. The number of rotatable bonds is 5. The summed E-state index contributed by atoms with van der Waals surface area (Å²) in [5.41, 5.74) is 2.32. The van der Waals surface area contributed by atoms with Crippen LogP contribution < -0.4 is 9.64 Å². The second kappa shape index (κ2) is 9.04. The molecule has 138 valence electrons. The number of carboxylic acid groups (broad SMARTS) is 1. The fourth-order valence-corrected chi connectivity index (χ4v) is 6.60. The standard InChI is InChI=1S/C18H16I3NO4/c1-9-4-6-11(7-5-9)16(18(24)25)26-17-13(20)8-12(19)15(14(17)21)22(3)10(2)23/h4-8,16H,1-3H3,(H,24,25). The maximum Gasteiger partial charge on any atom is 0.349 e. The van der Waals surface area contributed by atoms with Gasteiger partial charge in [0, 0.05) is 23.1 Å². The highest BCUT2D eigenvalue weighted by Crippen LogP contribution is 2.40. The van der Waals surface area contributed by atoms with Crippen molar-refractivity contribution in [3.63, 3.8) is 0 Å². The van der Waals surface area contributed by atoms with Crippen molar-refractivity contribution in [3.05, 3.63) is 52.2 Å². The zero-order valence-electron chi connectivity index (χ0n) is 14.2. The Hall–Kier alpha value is -0.630. The van der Waals surface area contributed by atoms with Crippen molar-refractivity contribution >= 4 is 85.3 Å². The van der Waals surface area contributed by atoms with Crippen LogP contribution in [0.1, 0.15) is 24.2 Å².